The van der Waals surface area contributed by atoms with Crippen molar-refractivity contribution in [3.05, 3.63) is 53.4 Å². The Bertz CT molecular complexity index is 408. The average Bonchev–Trinajstić information content (AvgIpc) is 2.32. The molecular formula is C13H14ClNO. The molecule has 1 aliphatic rings. The van der Waals surface area contributed by atoms with Gasteiger partial charge in [0, 0.05) is 23.5 Å². The number of halogens is 1. The third kappa shape index (κ3) is 2.58. The summed E-state index contributed by atoms with van der Waals surface area (Å²) < 4.78 is 5.41. The van der Waals surface area contributed by atoms with Gasteiger partial charge in [-0.05, 0) is 43.3 Å². The third-order valence-electron chi connectivity index (χ3n) is 2.38. The van der Waals surface area contributed by atoms with Crippen molar-refractivity contribution in [3.63, 3.8) is 0 Å². The van der Waals surface area contributed by atoms with E-state index in [1.165, 1.54) is 0 Å². The Kier molecular flexibility index (Phi) is 3.52. The lowest BCUT2D eigenvalue weighted by atomic mass is 10.2. The molecule has 0 N–H and O–H groups in total. The molecule has 0 spiro atoms. The van der Waals surface area contributed by atoms with Gasteiger partial charge in [-0.25, -0.2) is 0 Å². The van der Waals surface area contributed by atoms with Gasteiger partial charge in [0.1, 0.15) is 5.76 Å². The van der Waals surface area contributed by atoms with E-state index in [-0.39, 0.29) is 0 Å². The summed E-state index contributed by atoms with van der Waals surface area (Å²) in [4.78, 5) is 2.14. The molecule has 0 saturated carbocycles. The molecule has 0 amide bonds. The lowest BCUT2D eigenvalue weighted by Crippen LogP contribution is -2.19. The Hall–Kier alpha value is -1.41. The minimum atomic E-state index is 0.705. The molecule has 0 atom stereocenters. The van der Waals surface area contributed by atoms with Gasteiger partial charge >= 0.3 is 0 Å². The normalized spacial score (nSPS) is 14.9. The average molecular weight is 236 g/mol. The molecule has 3 heteroatoms. The van der Waals surface area contributed by atoms with Gasteiger partial charge < -0.3 is 9.64 Å². The van der Waals surface area contributed by atoms with Crippen LogP contribution < -0.4 is 4.90 Å². The fourth-order valence-corrected chi connectivity index (χ4v) is 1.70. The van der Waals surface area contributed by atoms with Gasteiger partial charge in [-0.2, -0.15) is 0 Å². The second kappa shape index (κ2) is 5.08. The number of hydrogen-bond acceptors (Lipinski definition) is 2. The highest BCUT2D eigenvalue weighted by atomic mass is 35.5. The molecule has 0 saturated heterocycles. The Morgan fingerprint density at radius 3 is 2.62 bits per heavy atom. The lowest BCUT2D eigenvalue weighted by molar-refractivity contribution is 0.241. The van der Waals surface area contributed by atoms with Crippen LogP contribution in [-0.4, -0.2) is 13.2 Å². The summed E-state index contributed by atoms with van der Waals surface area (Å²) in [6.45, 7) is 3.52. The van der Waals surface area contributed by atoms with E-state index in [9.17, 15) is 0 Å². The van der Waals surface area contributed by atoms with Crippen molar-refractivity contribution < 1.29 is 4.74 Å². The first-order valence-electron chi connectivity index (χ1n) is 5.33. The van der Waals surface area contributed by atoms with Crippen LogP contribution >= 0.6 is 11.6 Å². The summed E-state index contributed by atoms with van der Waals surface area (Å²) >= 11 is 5.85. The minimum Gasteiger partial charge on any atom is -0.494 e. The largest absolute Gasteiger partial charge is 0.494 e. The summed E-state index contributed by atoms with van der Waals surface area (Å²) in [5.41, 5.74) is 1.13. The number of benzene rings is 1. The quantitative estimate of drug-likeness (QED) is 0.794. The molecule has 2 nitrogen and oxygen atoms in total. The fraction of sp³-hybridized carbons (Fsp3) is 0.231. The van der Waals surface area contributed by atoms with Crippen LogP contribution in [0, 0.1) is 0 Å². The van der Waals surface area contributed by atoms with E-state index in [1.54, 1.807) is 0 Å². The summed E-state index contributed by atoms with van der Waals surface area (Å²) in [6, 6.07) is 7.80. The van der Waals surface area contributed by atoms with Gasteiger partial charge in [-0.15, -0.1) is 0 Å². The SMILES string of the molecule is CCOC1=CCN(c2ccc(Cl)cc2)C=C1. The summed E-state index contributed by atoms with van der Waals surface area (Å²) in [7, 11) is 0. The molecule has 1 aromatic rings. The molecule has 0 fully saturated rings. The van der Waals surface area contributed by atoms with Crippen LogP contribution in [0.25, 0.3) is 0 Å². The highest BCUT2D eigenvalue weighted by Gasteiger charge is 2.06. The maximum atomic E-state index is 5.85. The van der Waals surface area contributed by atoms with Crippen LogP contribution in [0.1, 0.15) is 6.92 Å². The van der Waals surface area contributed by atoms with Crippen molar-refractivity contribution >= 4 is 17.3 Å². The zero-order chi connectivity index (χ0) is 11.4. The number of nitrogens with zero attached hydrogens (tertiary/aromatic N) is 1. The zero-order valence-corrected chi connectivity index (χ0v) is 9.95. The van der Waals surface area contributed by atoms with E-state index in [1.807, 2.05) is 43.5 Å². The van der Waals surface area contributed by atoms with Crippen LogP contribution in [0.3, 0.4) is 0 Å². The fourth-order valence-electron chi connectivity index (χ4n) is 1.58. The van der Waals surface area contributed by atoms with Gasteiger partial charge in [0.2, 0.25) is 0 Å². The molecule has 0 unspecified atom stereocenters. The van der Waals surface area contributed by atoms with E-state index in [2.05, 4.69) is 11.0 Å². The van der Waals surface area contributed by atoms with Crippen LogP contribution in [0.5, 0.6) is 0 Å². The van der Waals surface area contributed by atoms with Crippen molar-refractivity contribution in [1.29, 1.82) is 0 Å². The molecule has 0 bridgehead atoms. The van der Waals surface area contributed by atoms with E-state index in [4.69, 9.17) is 16.3 Å². The van der Waals surface area contributed by atoms with Crippen molar-refractivity contribution in [3.8, 4) is 0 Å². The molecule has 0 radical (unpaired) electrons. The second-order valence-corrected chi connectivity index (χ2v) is 3.92. The van der Waals surface area contributed by atoms with Crippen LogP contribution in [0.15, 0.2) is 48.4 Å². The Morgan fingerprint density at radius 1 is 1.31 bits per heavy atom. The van der Waals surface area contributed by atoms with Crippen LogP contribution in [0.4, 0.5) is 5.69 Å². The predicted octanol–water partition coefficient (Wildman–Crippen LogP) is 3.59. The molecule has 1 aliphatic heterocycles. The van der Waals surface area contributed by atoms with E-state index in [0.29, 0.717) is 6.61 Å². The molecule has 1 aromatic carbocycles. The van der Waals surface area contributed by atoms with Gasteiger partial charge in [-0.1, -0.05) is 11.6 Å². The van der Waals surface area contributed by atoms with Crippen molar-refractivity contribution in [2.24, 2.45) is 0 Å². The van der Waals surface area contributed by atoms with Crippen molar-refractivity contribution in [2.75, 3.05) is 18.1 Å². The summed E-state index contributed by atoms with van der Waals surface area (Å²) in [5, 5.41) is 0.760. The van der Waals surface area contributed by atoms with E-state index in [0.717, 1.165) is 23.0 Å². The molecule has 2 rings (SSSR count). The molecule has 0 aromatic heterocycles. The highest BCUT2D eigenvalue weighted by molar-refractivity contribution is 6.30. The third-order valence-corrected chi connectivity index (χ3v) is 2.63. The van der Waals surface area contributed by atoms with Crippen LogP contribution in [-0.2, 0) is 4.74 Å². The zero-order valence-electron chi connectivity index (χ0n) is 9.19. The van der Waals surface area contributed by atoms with Crippen molar-refractivity contribution in [1.82, 2.24) is 0 Å². The first kappa shape index (κ1) is 11.1. The van der Waals surface area contributed by atoms with Crippen molar-refractivity contribution in [2.45, 2.75) is 6.92 Å². The summed E-state index contributed by atoms with van der Waals surface area (Å²) in [5.74, 6) is 0.938. The minimum absolute atomic E-state index is 0.705. The van der Waals surface area contributed by atoms with E-state index >= 15 is 0 Å². The first-order valence-corrected chi connectivity index (χ1v) is 5.71. The number of allylic oxidation sites excluding steroid dienone is 1. The van der Waals surface area contributed by atoms with Gasteiger partial charge in [0.05, 0.1) is 6.61 Å². The second-order valence-electron chi connectivity index (χ2n) is 3.48. The Morgan fingerprint density at radius 2 is 2.06 bits per heavy atom. The highest BCUT2D eigenvalue weighted by Crippen LogP contribution is 2.20. The monoisotopic (exact) mass is 235 g/mol. The van der Waals surface area contributed by atoms with Crippen LogP contribution in [0.2, 0.25) is 5.02 Å². The topological polar surface area (TPSA) is 12.5 Å². The van der Waals surface area contributed by atoms with Gasteiger partial charge in [0.15, 0.2) is 0 Å². The molecule has 1 heterocycles. The maximum Gasteiger partial charge on any atom is 0.118 e. The Labute approximate surface area is 101 Å². The summed E-state index contributed by atoms with van der Waals surface area (Å²) in [6.07, 6.45) is 6.06. The number of anilines is 1. The molecule has 16 heavy (non-hydrogen) atoms. The number of ether oxygens (including phenoxy) is 1. The number of hydrogen-bond donors (Lipinski definition) is 0. The predicted molar refractivity (Wildman–Crippen MR) is 67.6 cm³/mol. The molecular weight excluding hydrogens is 222 g/mol. The smallest absolute Gasteiger partial charge is 0.118 e. The maximum absolute atomic E-state index is 5.85. The number of rotatable bonds is 3. The molecule has 84 valence electrons. The lowest BCUT2D eigenvalue weighted by Gasteiger charge is -2.22. The van der Waals surface area contributed by atoms with E-state index < -0.39 is 0 Å². The standard InChI is InChI=1S/C13H14ClNO/c1-2-16-13-7-9-15(10-8-13)12-5-3-11(14)4-6-12/h3-9H,2,10H2,1H3. The van der Waals surface area contributed by atoms with Gasteiger partial charge in [-0.3, -0.25) is 0 Å². The first-order chi connectivity index (χ1) is 7.79. The van der Waals surface area contributed by atoms with Gasteiger partial charge in [0.25, 0.3) is 0 Å². The Balaban J connectivity index is 2.05. The molecule has 0 aliphatic carbocycles.